The summed E-state index contributed by atoms with van der Waals surface area (Å²) in [6, 6.07) is 0.334. The van der Waals surface area contributed by atoms with Crippen LogP contribution in [-0.2, 0) is 10.8 Å². The number of nitrogens with zero attached hydrogens (tertiary/aromatic N) is 5. The number of hydrogen-bond acceptors (Lipinski definition) is 8. The number of fused-ring (bicyclic) bond motifs is 2. The molecule has 3 fully saturated rings. The molecule has 0 spiro atoms. The Labute approximate surface area is 183 Å². The van der Waals surface area contributed by atoms with Crippen LogP contribution >= 0.6 is 11.6 Å². The highest BCUT2D eigenvalue weighted by molar-refractivity contribution is 7.84. The summed E-state index contributed by atoms with van der Waals surface area (Å²) in [5, 5.41) is 13.8. The maximum absolute atomic E-state index is 12.2. The first-order valence-corrected chi connectivity index (χ1v) is 12.3. The zero-order valence-electron chi connectivity index (χ0n) is 16.8. The first-order chi connectivity index (χ1) is 14.5. The monoisotopic (exact) mass is 448 g/mol. The lowest BCUT2D eigenvalue weighted by Gasteiger charge is -2.41. The van der Waals surface area contributed by atoms with Crippen LogP contribution in [0.2, 0.25) is 5.02 Å². The van der Waals surface area contributed by atoms with Crippen molar-refractivity contribution in [3.8, 4) is 0 Å². The first kappa shape index (κ1) is 20.1. The molecule has 2 N–H and O–H groups in total. The van der Waals surface area contributed by atoms with Gasteiger partial charge in [-0.15, -0.1) is 0 Å². The summed E-state index contributed by atoms with van der Waals surface area (Å²) < 4.78 is 12.2. The van der Waals surface area contributed by atoms with Crippen LogP contribution in [0, 0.1) is 5.92 Å². The van der Waals surface area contributed by atoms with E-state index in [1.54, 1.807) is 24.8 Å². The van der Waals surface area contributed by atoms with E-state index in [-0.39, 0.29) is 12.1 Å². The minimum atomic E-state index is -1.21. The van der Waals surface area contributed by atoms with Gasteiger partial charge in [0, 0.05) is 37.2 Å². The van der Waals surface area contributed by atoms with Crippen LogP contribution in [0.5, 0.6) is 0 Å². The predicted octanol–water partition coefficient (Wildman–Crippen LogP) is 2.37. The van der Waals surface area contributed by atoms with Crippen LogP contribution in [0.1, 0.15) is 43.8 Å². The predicted molar refractivity (Wildman–Crippen MR) is 115 cm³/mol. The van der Waals surface area contributed by atoms with Gasteiger partial charge in [0.25, 0.3) is 0 Å². The van der Waals surface area contributed by atoms with Crippen molar-refractivity contribution < 1.29 is 9.32 Å². The van der Waals surface area contributed by atoms with Gasteiger partial charge < -0.3 is 15.3 Å². The van der Waals surface area contributed by atoms with E-state index in [9.17, 15) is 9.32 Å². The normalized spacial score (nSPS) is 27.7. The standard InChI is InChI=1S/C20H25ClN6O2S/c1-30(29)16-9-24-19(25-18(16)26-20(11-28)3-2-4-20)27-10-12-5-14(27)6-15(12)17-22-7-13(21)8-23-17/h7-9,12,14-15,28H,2-6,10-11H2,1H3,(H,24,25,26)/t12?,14?,15?,30-/m1/s1. The maximum atomic E-state index is 12.2. The molecule has 1 aliphatic heterocycles. The lowest BCUT2D eigenvalue weighted by atomic mass is 9.77. The fourth-order valence-corrected chi connectivity index (χ4v) is 5.67. The Bertz CT molecular complexity index is 965. The van der Waals surface area contributed by atoms with E-state index in [1.807, 2.05) is 0 Å². The molecule has 5 rings (SSSR count). The molecule has 0 amide bonds. The Hall–Kier alpha value is -1.84. The third-order valence-electron chi connectivity index (χ3n) is 6.82. The van der Waals surface area contributed by atoms with E-state index < -0.39 is 10.8 Å². The Morgan fingerprint density at radius 2 is 2.03 bits per heavy atom. The number of aliphatic hydroxyl groups is 1. The van der Waals surface area contributed by atoms with E-state index in [1.165, 1.54) is 0 Å². The topological polar surface area (TPSA) is 104 Å². The summed E-state index contributed by atoms with van der Waals surface area (Å²) in [5.74, 6) is 2.88. The zero-order chi connectivity index (χ0) is 20.9. The van der Waals surface area contributed by atoms with Gasteiger partial charge in [-0.05, 0) is 38.0 Å². The average Bonchev–Trinajstić information content (AvgIpc) is 3.32. The van der Waals surface area contributed by atoms with Crippen molar-refractivity contribution in [2.75, 3.05) is 29.6 Å². The van der Waals surface area contributed by atoms with Gasteiger partial charge in [-0.25, -0.2) is 15.0 Å². The molecule has 1 saturated heterocycles. The van der Waals surface area contributed by atoms with Crippen LogP contribution in [0.4, 0.5) is 11.8 Å². The second-order valence-electron chi connectivity index (χ2n) is 8.66. The molecule has 3 aliphatic rings. The molecular weight excluding hydrogens is 424 g/mol. The highest BCUT2D eigenvalue weighted by Gasteiger charge is 2.47. The maximum Gasteiger partial charge on any atom is 0.227 e. The number of hydrogen-bond donors (Lipinski definition) is 2. The molecule has 3 unspecified atom stereocenters. The summed E-state index contributed by atoms with van der Waals surface area (Å²) in [7, 11) is -1.21. The van der Waals surface area contributed by atoms with Gasteiger partial charge in [0.05, 0.1) is 39.1 Å². The third kappa shape index (κ3) is 3.46. The van der Waals surface area contributed by atoms with Gasteiger partial charge in [0.1, 0.15) is 11.6 Å². The Morgan fingerprint density at radius 1 is 1.27 bits per heavy atom. The van der Waals surface area contributed by atoms with E-state index in [4.69, 9.17) is 16.6 Å². The summed E-state index contributed by atoms with van der Waals surface area (Å²) in [4.78, 5) is 21.0. The van der Waals surface area contributed by atoms with Gasteiger partial charge in [0.2, 0.25) is 5.95 Å². The molecule has 0 radical (unpaired) electrons. The Kier molecular flexibility index (Phi) is 5.15. The number of anilines is 2. The van der Waals surface area contributed by atoms with E-state index >= 15 is 0 Å². The van der Waals surface area contributed by atoms with E-state index in [2.05, 4.69) is 25.2 Å². The minimum absolute atomic E-state index is 0.0410. The molecular formula is C20H25ClN6O2S. The molecule has 3 heterocycles. The molecule has 10 heteroatoms. The van der Waals surface area contributed by atoms with Crippen LogP contribution in [-0.4, -0.2) is 60.2 Å². The summed E-state index contributed by atoms with van der Waals surface area (Å²) >= 11 is 5.93. The molecule has 4 atom stereocenters. The van der Waals surface area contributed by atoms with Crippen LogP contribution in [0.15, 0.2) is 23.5 Å². The fraction of sp³-hybridized carbons (Fsp3) is 0.600. The molecule has 30 heavy (non-hydrogen) atoms. The largest absolute Gasteiger partial charge is 0.394 e. The van der Waals surface area contributed by atoms with Crippen molar-refractivity contribution in [1.82, 2.24) is 19.9 Å². The highest BCUT2D eigenvalue weighted by atomic mass is 35.5. The van der Waals surface area contributed by atoms with Crippen LogP contribution in [0.3, 0.4) is 0 Å². The number of rotatable bonds is 6. The summed E-state index contributed by atoms with van der Waals surface area (Å²) in [6.45, 7) is 0.889. The van der Waals surface area contributed by atoms with Gasteiger partial charge in [-0.2, -0.15) is 4.98 Å². The molecule has 8 nitrogen and oxygen atoms in total. The fourth-order valence-electron chi connectivity index (χ4n) is 5.01. The first-order valence-electron chi connectivity index (χ1n) is 10.3. The van der Waals surface area contributed by atoms with Crippen molar-refractivity contribution in [1.29, 1.82) is 0 Å². The lowest BCUT2D eigenvalue weighted by Crippen LogP contribution is -2.49. The number of aromatic nitrogens is 4. The van der Waals surface area contributed by atoms with Gasteiger partial charge in [-0.3, -0.25) is 4.21 Å². The second-order valence-corrected chi connectivity index (χ2v) is 10.4. The number of piperidine rings is 1. The lowest BCUT2D eigenvalue weighted by molar-refractivity contribution is 0.143. The van der Waals surface area contributed by atoms with Gasteiger partial charge in [0.15, 0.2) is 0 Å². The molecule has 2 aromatic heterocycles. The SMILES string of the molecule is C[S@@](=O)c1cnc(N2CC3CC2CC3c2ncc(Cl)cn2)nc1NC1(CO)CCC1. The summed E-state index contributed by atoms with van der Waals surface area (Å²) in [5.41, 5.74) is -0.360. The molecule has 0 aromatic carbocycles. The second kappa shape index (κ2) is 7.69. The van der Waals surface area contributed by atoms with Crippen molar-refractivity contribution in [3.63, 3.8) is 0 Å². The van der Waals surface area contributed by atoms with Crippen molar-refractivity contribution in [2.24, 2.45) is 5.92 Å². The number of aliphatic hydroxyl groups excluding tert-OH is 1. The molecule has 2 bridgehead atoms. The molecule has 160 valence electrons. The molecule has 2 aliphatic carbocycles. The van der Waals surface area contributed by atoms with Gasteiger partial charge >= 0.3 is 0 Å². The zero-order valence-corrected chi connectivity index (χ0v) is 18.4. The molecule has 2 aromatic rings. The Balaban J connectivity index is 1.37. The van der Waals surface area contributed by atoms with E-state index in [0.29, 0.717) is 39.6 Å². The smallest absolute Gasteiger partial charge is 0.227 e. The van der Waals surface area contributed by atoms with Gasteiger partial charge in [-0.1, -0.05) is 11.6 Å². The highest BCUT2D eigenvalue weighted by Crippen LogP contribution is 2.47. The number of halogens is 1. The molecule has 2 saturated carbocycles. The third-order valence-corrected chi connectivity index (χ3v) is 7.93. The Morgan fingerprint density at radius 3 is 2.60 bits per heavy atom. The van der Waals surface area contributed by atoms with Crippen molar-refractivity contribution in [2.45, 2.75) is 54.5 Å². The summed E-state index contributed by atoms with van der Waals surface area (Å²) in [6.07, 6.45) is 11.5. The average molecular weight is 449 g/mol. The quantitative estimate of drug-likeness (QED) is 0.694. The number of nitrogens with one attached hydrogen (secondary N) is 1. The van der Waals surface area contributed by atoms with Crippen molar-refractivity contribution in [3.05, 3.63) is 29.4 Å². The van der Waals surface area contributed by atoms with Crippen molar-refractivity contribution >= 4 is 34.2 Å². The van der Waals surface area contributed by atoms with Crippen LogP contribution in [0.25, 0.3) is 0 Å². The minimum Gasteiger partial charge on any atom is -0.394 e. The van der Waals surface area contributed by atoms with E-state index in [0.717, 1.165) is 44.5 Å². The van der Waals surface area contributed by atoms with Crippen LogP contribution < -0.4 is 10.2 Å².